The van der Waals surface area contributed by atoms with Crippen LogP contribution in [0.4, 0.5) is 0 Å². The first-order valence-electron chi connectivity index (χ1n) is 6.63. The van der Waals surface area contributed by atoms with Crippen molar-refractivity contribution in [1.82, 2.24) is 0 Å². The lowest BCUT2D eigenvalue weighted by atomic mass is 10.1. The van der Waals surface area contributed by atoms with Gasteiger partial charge < -0.3 is 9.47 Å². The Kier molecular flexibility index (Phi) is 5.17. The molecule has 1 saturated heterocycles. The van der Waals surface area contributed by atoms with E-state index in [4.69, 9.17) is 32.7 Å². The molecule has 0 radical (unpaired) electrons. The summed E-state index contributed by atoms with van der Waals surface area (Å²) in [4.78, 5) is 0. The first-order chi connectivity index (χ1) is 10.5. The van der Waals surface area contributed by atoms with Crippen LogP contribution in [-0.2, 0) is 15.3 Å². The highest BCUT2D eigenvalue weighted by molar-refractivity contribution is 9.10. The van der Waals surface area contributed by atoms with E-state index >= 15 is 0 Å². The van der Waals surface area contributed by atoms with Crippen LogP contribution in [0.25, 0.3) is 0 Å². The monoisotopic (exact) mass is 464 g/mol. The molecule has 6 heteroatoms. The molecule has 1 aliphatic heterocycles. The second-order valence-corrected chi connectivity index (χ2v) is 7.30. The minimum atomic E-state index is -0.903. The number of alkyl halides is 1. The van der Waals surface area contributed by atoms with E-state index in [1.54, 1.807) is 12.1 Å². The van der Waals surface area contributed by atoms with Crippen molar-refractivity contribution in [3.8, 4) is 0 Å². The standard InChI is InChI=1S/C16H12Br2Cl2O2/c17-9-16(13-6-5-12(19)7-14(13)20)21-8-15(22-16)10-1-3-11(18)4-2-10/h1-7,15H,8-9H2/t15-,16+/m1/s1. The fourth-order valence-electron chi connectivity index (χ4n) is 2.43. The number of hydrogen-bond acceptors (Lipinski definition) is 2. The van der Waals surface area contributed by atoms with Crippen molar-refractivity contribution in [2.24, 2.45) is 0 Å². The van der Waals surface area contributed by atoms with Gasteiger partial charge in [0.1, 0.15) is 6.10 Å². The van der Waals surface area contributed by atoms with Gasteiger partial charge in [0.25, 0.3) is 0 Å². The predicted molar refractivity (Wildman–Crippen MR) is 95.9 cm³/mol. The van der Waals surface area contributed by atoms with Crippen molar-refractivity contribution in [1.29, 1.82) is 0 Å². The summed E-state index contributed by atoms with van der Waals surface area (Å²) in [5, 5.41) is 1.60. The number of halogens is 4. The maximum atomic E-state index is 6.32. The SMILES string of the molecule is Clc1ccc([C@@]2(CBr)OC[C@H](c3ccc(Br)cc3)O2)c(Cl)c1. The van der Waals surface area contributed by atoms with Gasteiger partial charge in [0.2, 0.25) is 5.79 Å². The Morgan fingerprint density at radius 2 is 1.86 bits per heavy atom. The van der Waals surface area contributed by atoms with Crippen LogP contribution in [0.1, 0.15) is 17.2 Å². The van der Waals surface area contributed by atoms with Crippen molar-refractivity contribution in [3.05, 3.63) is 68.1 Å². The fourth-order valence-corrected chi connectivity index (χ4v) is 3.84. The Morgan fingerprint density at radius 3 is 2.50 bits per heavy atom. The molecular weight excluding hydrogens is 455 g/mol. The van der Waals surface area contributed by atoms with Crippen LogP contribution in [0.3, 0.4) is 0 Å². The lowest BCUT2D eigenvalue weighted by Gasteiger charge is -2.27. The molecule has 3 rings (SSSR count). The second kappa shape index (κ2) is 6.80. The van der Waals surface area contributed by atoms with Crippen LogP contribution in [0, 0.1) is 0 Å². The average Bonchev–Trinajstić information content (AvgIpc) is 2.93. The van der Waals surface area contributed by atoms with E-state index in [2.05, 4.69) is 31.9 Å². The van der Waals surface area contributed by atoms with Crippen molar-refractivity contribution >= 4 is 55.1 Å². The maximum absolute atomic E-state index is 6.32. The first kappa shape index (κ1) is 16.7. The van der Waals surface area contributed by atoms with Gasteiger partial charge in [0.15, 0.2) is 0 Å². The van der Waals surface area contributed by atoms with Crippen molar-refractivity contribution in [2.75, 3.05) is 11.9 Å². The molecule has 0 spiro atoms. The minimum absolute atomic E-state index is 0.141. The zero-order valence-corrected chi connectivity index (χ0v) is 16.0. The average molecular weight is 467 g/mol. The molecule has 0 aromatic heterocycles. The van der Waals surface area contributed by atoms with E-state index in [9.17, 15) is 0 Å². The Hall–Kier alpha value is -0.100. The van der Waals surface area contributed by atoms with Crippen LogP contribution >= 0.6 is 55.1 Å². The molecule has 0 aliphatic carbocycles. The molecule has 22 heavy (non-hydrogen) atoms. The van der Waals surface area contributed by atoms with Crippen LogP contribution in [0.2, 0.25) is 10.0 Å². The second-order valence-electron chi connectivity index (χ2n) is 4.98. The largest absolute Gasteiger partial charge is 0.342 e. The molecule has 116 valence electrons. The number of hydrogen-bond donors (Lipinski definition) is 0. The molecule has 2 atom stereocenters. The summed E-state index contributed by atoms with van der Waals surface area (Å²) in [7, 11) is 0. The van der Waals surface area contributed by atoms with Crippen LogP contribution in [-0.4, -0.2) is 11.9 Å². The summed E-state index contributed by atoms with van der Waals surface area (Å²) in [5.41, 5.74) is 1.84. The van der Waals surface area contributed by atoms with Gasteiger partial charge in [-0.15, -0.1) is 0 Å². The van der Waals surface area contributed by atoms with E-state index < -0.39 is 5.79 Å². The van der Waals surface area contributed by atoms with E-state index in [1.165, 1.54) is 0 Å². The van der Waals surface area contributed by atoms with Gasteiger partial charge in [-0.05, 0) is 29.8 Å². The Bertz CT molecular complexity index is 678. The predicted octanol–water partition coefficient (Wildman–Crippen LogP) is 6.09. The minimum Gasteiger partial charge on any atom is -0.342 e. The lowest BCUT2D eigenvalue weighted by Crippen LogP contribution is -2.29. The van der Waals surface area contributed by atoms with Crippen molar-refractivity contribution < 1.29 is 9.47 Å². The Morgan fingerprint density at radius 1 is 1.14 bits per heavy atom. The van der Waals surface area contributed by atoms with Crippen molar-refractivity contribution in [3.63, 3.8) is 0 Å². The third kappa shape index (κ3) is 3.23. The van der Waals surface area contributed by atoms with Gasteiger partial charge in [0.05, 0.1) is 17.0 Å². The zero-order valence-electron chi connectivity index (χ0n) is 11.4. The molecule has 0 amide bonds. The quantitative estimate of drug-likeness (QED) is 0.509. The van der Waals surface area contributed by atoms with Gasteiger partial charge in [-0.25, -0.2) is 0 Å². The van der Waals surface area contributed by atoms with Gasteiger partial charge in [-0.3, -0.25) is 0 Å². The third-order valence-corrected chi connectivity index (χ3v) is 5.37. The van der Waals surface area contributed by atoms with Gasteiger partial charge in [0, 0.05) is 15.1 Å². The van der Waals surface area contributed by atoms with Crippen LogP contribution in [0.5, 0.6) is 0 Å². The summed E-state index contributed by atoms with van der Waals surface area (Å²) in [6.45, 7) is 0.464. The molecule has 1 heterocycles. The van der Waals surface area contributed by atoms with Crippen LogP contribution < -0.4 is 0 Å². The molecule has 0 unspecified atom stereocenters. The molecule has 0 saturated carbocycles. The molecule has 0 bridgehead atoms. The summed E-state index contributed by atoms with van der Waals surface area (Å²) in [6, 6.07) is 13.3. The molecule has 0 N–H and O–H groups in total. The Labute approximate surface area is 156 Å². The van der Waals surface area contributed by atoms with E-state index in [1.807, 2.05) is 30.3 Å². The molecule has 1 aliphatic rings. The summed E-state index contributed by atoms with van der Waals surface area (Å²) >= 11 is 19.2. The molecule has 1 fully saturated rings. The highest BCUT2D eigenvalue weighted by Gasteiger charge is 2.44. The lowest BCUT2D eigenvalue weighted by molar-refractivity contribution is -0.157. The fraction of sp³-hybridized carbons (Fsp3) is 0.250. The highest BCUT2D eigenvalue weighted by atomic mass is 79.9. The summed E-state index contributed by atoms with van der Waals surface area (Å²) in [6.07, 6.45) is -0.141. The number of ether oxygens (including phenoxy) is 2. The zero-order chi connectivity index (χ0) is 15.7. The van der Waals surface area contributed by atoms with Crippen LogP contribution in [0.15, 0.2) is 46.9 Å². The summed E-state index contributed by atoms with van der Waals surface area (Å²) < 4.78 is 13.2. The van der Waals surface area contributed by atoms with Gasteiger partial charge >= 0.3 is 0 Å². The first-order valence-corrected chi connectivity index (χ1v) is 9.30. The van der Waals surface area contributed by atoms with E-state index in [-0.39, 0.29) is 6.10 Å². The van der Waals surface area contributed by atoms with E-state index in [0.717, 1.165) is 15.6 Å². The van der Waals surface area contributed by atoms with Gasteiger partial charge in [-0.1, -0.05) is 73.3 Å². The van der Waals surface area contributed by atoms with E-state index in [0.29, 0.717) is 22.0 Å². The molecule has 2 nitrogen and oxygen atoms in total. The molecule has 2 aromatic carbocycles. The number of rotatable bonds is 3. The Balaban J connectivity index is 1.91. The maximum Gasteiger partial charge on any atom is 0.207 e. The normalized spacial score (nSPS) is 24.6. The smallest absolute Gasteiger partial charge is 0.207 e. The molecule has 2 aromatic rings. The highest BCUT2D eigenvalue weighted by Crippen LogP contribution is 2.44. The topological polar surface area (TPSA) is 18.5 Å². The summed E-state index contributed by atoms with van der Waals surface area (Å²) in [5.74, 6) is -0.903. The van der Waals surface area contributed by atoms with Gasteiger partial charge in [-0.2, -0.15) is 0 Å². The number of benzene rings is 2. The molecular formula is C16H12Br2Cl2O2. The van der Waals surface area contributed by atoms with Crippen molar-refractivity contribution in [2.45, 2.75) is 11.9 Å². The third-order valence-electron chi connectivity index (χ3n) is 3.56.